The van der Waals surface area contributed by atoms with Crippen molar-refractivity contribution in [3.8, 4) is 0 Å². The van der Waals surface area contributed by atoms with Crippen molar-refractivity contribution in [1.82, 2.24) is 14.9 Å². The number of piperazine rings is 1. The zero-order chi connectivity index (χ0) is 20.4. The molecule has 29 heavy (non-hydrogen) atoms. The van der Waals surface area contributed by atoms with Crippen LogP contribution in [0.15, 0.2) is 6.07 Å². The van der Waals surface area contributed by atoms with E-state index >= 15 is 0 Å². The van der Waals surface area contributed by atoms with Crippen molar-refractivity contribution in [3.05, 3.63) is 17.6 Å². The Hall–Kier alpha value is -1.73. The van der Waals surface area contributed by atoms with E-state index in [1.165, 1.54) is 0 Å². The third-order valence-electron chi connectivity index (χ3n) is 6.47. The molecule has 0 N–H and O–H groups in total. The molecule has 160 valence electrons. The number of rotatable bonds is 4. The zero-order valence-electron chi connectivity index (χ0n) is 18.0. The summed E-state index contributed by atoms with van der Waals surface area (Å²) in [5.41, 5.74) is 1.00. The Bertz CT molecular complexity index is 715. The lowest BCUT2D eigenvalue weighted by molar-refractivity contribution is -0.183. The summed E-state index contributed by atoms with van der Waals surface area (Å²) in [5.74, 6) is 2.60. The molecular weight excluding hydrogens is 368 g/mol. The normalized spacial score (nSPS) is 22.6. The predicted octanol–water partition coefficient (Wildman–Crippen LogP) is 2.88. The van der Waals surface area contributed by atoms with Crippen LogP contribution in [0.2, 0.25) is 0 Å². The number of amides is 1. The van der Waals surface area contributed by atoms with Crippen molar-refractivity contribution in [1.29, 1.82) is 0 Å². The van der Waals surface area contributed by atoms with E-state index in [4.69, 9.17) is 14.5 Å². The summed E-state index contributed by atoms with van der Waals surface area (Å²) in [6.07, 6.45) is 4.53. The van der Waals surface area contributed by atoms with E-state index in [-0.39, 0.29) is 5.79 Å². The summed E-state index contributed by atoms with van der Waals surface area (Å²) in [5, 5.41) is 0. The van der Waals surface area contributed by atoms with Crippen molar-refractivity contribution in [3.63, 3.8) is 0 Å². The molecule has 0 aromatic carbocycles. The van der Waals surface area contributed by atoms with Crippen molar-refractivity contribution in [2.75, 3.05) is 44.3 Å². The molecule has 3 aliphatic rings. The Morgan fingerprint density at radius 3 is 2.41 bits per heavy atom. The van der Waals surface area contributed by atoms with Gasteiger partial charge in [0.2, 0.25) is 5.91 Å². The zero-order valence-corrected chi connectivity index (χ0v) is 18.0. The first-order chi connectivity index (χ1) is 13.9. The van der Waals surface area contributed by atoms with Crippen molar-refractivity contribution < 1.29 is 14.3 Å². The smallest absolute Gasteiger partial charge is 0.222 e. The summed E-state index contributed by atoms with van der Waals surface area (Å²) in [6.45, 7) is 10.9. The van der Waals surface area contributed by atoms with Gasteiger partial charge in [-0.3, -0.25) is 4.79 Å². The maximum absolute atomic E-state index is 12.8. The molecule has 0 bridgehead atoms. The molecule has 1 amide bonds. The summed E-state index contributed by atoms with van der Waals surface area (Å²) in [7, 11) is 0. The Kier molecular flexibility index (Phi) is 6.06. The summed E-state index contributed by atoms with van der Waals surface area (Å²) in [4.78, 5) is 26.4. The molecule has 3 heterocycles. The third kappa shape index (κ3) is 4.72. The average molecular weight is 403 g/mol. The highest BCUT2D eigenvalue weighted by atomic mass is 16.7. The first-order valence-electron chi connectivity index (χ1n) is 11.1. The average Bonchev–Trinajstić information content (AvgIpc) is 3.17. The first kappa shape index (κ1) is 20.5. The van der Waals surface area contributed by atoms with E-state index in [2.05, 4.69) is 23.7 Å². The second-order valence-corrected chi connectivity index (χ2v) is 9.00. The summed E-state index contributed by atoms with van der Waals surface area (Å²) in [6, 6.07) is 2.05. The highest BCUT2D eigenvalue weighted by Crippen LogP contribution is 2.39. The highest BCUT2D eigenvalue weighted by molar-refractivity contribution is 5.76. The van der Waals surface area contributed by atoms with Gasteiger partial charge in [-0.1, -0.05) is 13.8 Å². The number of carbonyl (C=O) groups is 1. The van der Waals surface area contributed by atoms with Gasteiger partial charge in [-0.05, 0) is 25.7 Å². The molecule has 1 aromatic rings. The van der Waals surface area contributed by atoms with Gasteiger partial charge in [0.1, 0.15) is 11.6 Å². The van der Waals surface area contributed by atoms with E-state index < -0.39 is 0 Å². The summed E-state index contributed by atoms with van der Waals surface area (Å²) >= 11 is 0. The lowest BCUT2D eigenvalue weighted by Crippen LogP contribution is -2.49. The fourth-order valence-corrected chi connectivity index (χ4v) is 4.66. The number of carbonyl (C=O) groups excluding carboxylic acids is 1. The standard InChI is InChI=1S/C22H34N4O3/c1-16(2)21-23-17(3)14-19(24-21)25-8-10-26(11-9-25)20(27)15-18-4-6-22(7-5-18)28-12-13-29-22/h14,16,18H,4-13,15H2,1-3H3. The third-order valence-corrected chi connectivity index (χ3v) is 6.47. The Morgan fingerprint density at radius 1 is 1.14 bits per heavy atom. The predicted molar refractivity (Wildman–Crippen MR) is 111 cm³/mol. The van der Waals surface area contributed by atoms with Crippen LogP contribution in [0.25, 0.3) is 0 Å². The molecule has 7 nitrogen and oxygen atoms in total. The van der Waals surface area contributed by atoms with Gasteiger partial charge in [0.15, 0.2) is 5.79 Å². The summed E-state index contributed by atoms with van der Waals surface area (Å²) < 4.78 is 11.6. The molecule has 1 saturated carbocycles. The van der Waals surface area contributed by atoms with Crippen molar-refractivity contribution in [2.24, 2.45) is 5.92 Å². The molecule has 3 fully saturated rings. The molecule has 0 atom stereocenters. The quantitative estimate of drug-likeness (QED) is 0.771. The number of ether oxygens (including phenoxy) is 2. The fraction of sp³-hybridized carbons (Fsp3) is 0.773. The molecule has 2 aliphatic heterocycles. The minimum absolute atomic E-state index is 0.292. The van der Waals surface area contributed by atoms with Gasteiger partial charge in [0.25, 0.3) is 0 Å². The Morgan fingerprint density at radius 2 is 1.79 bits per heavy atom. The van der Waals surface area contributed by atoms with Crippen LogP contribution in [-0.4, -0.2) is 66.0 Å². The molecule has 1 aliphatic carbocycles. The lowest BCUT2D eigenvalue weighted by Gasteiger charge is -2.38. The Balaban J connectivity index is 1.27. The number of aryl methyl sites for hydroxylation is 1. The van der Waals surface area contributed by atoms with Crippen molar-refractivity contribution in [2.45, 2.75) is 64.6 Å². The number of hydrogen-bond acceptors (Lipinski definition) is 6. The monoisotopic (exact) mass is 402 g/mol. The SMILES string of the molecule is Cc1cc(N2CCN(C(=O)CC3CCC4(CC3)OCCO4)CC2)nc(C(C)C)n1. The van der Waals surface area contributed by atoms with Crippen LogP contribution >= 0.6 is 0 Å². The number of hydrogen-bond donors (Lipinski definition) is 0. The number of aromatic nitrogens is 2. The second-order valence-electron chi connectivity index (χ2n) is 9.00. The van der Waals surface area contributed by atoms with E-state index in [0.29, 0.717) is 37.4 Å². The molecule has 2 saturated heterocycles. The fourth-order valence-electron chi connectivity index (χ4n) is 4.66. The van der Waals surface area contributed by atoms with Crippen LogP contribution in [0.1, 0.15) is 63.4 Å². The minimum atomic E-state index is -0.338. The van der Waals surface area contributed by atoms with E-state index in [1.807, 2.05) is 17.9 Å². The van der Waals surface area contributed by atoms with Crippen LogP contribution in [-0.2, 0) is 14.3 Å². The maximum Gasteiger partial charge on any atom is 0.222 e. The molecule has 0 radical (unpaired) electrons. The molecule has 7 heteroatoms. The van der Waals surface area contributed by atoms with Gasteiger partial charge in [-0.15, -0.1) is 0 Å². The van der Waals surface area contributed by atoms with Gasteiger partial charge < -0.3 is 19.3 Å². The van der Waals surface area contributed by atoms with Crippen LogP contribution < -0.4 is 4.90 Å². The molecule has 4 rings (SSSR count). The Labute approximate surface area is 173 Å². The topological polar surface area (TPSA) is 67.8 Å². The van der Waals surface area contributed by atoms with E-state index in [1.54, 1.807) is 0 Å². The largest absolute Gasteiger partial charge is 0.353 e. The number of nitrogens with zero attached hydrogens (tertiary/aromatic N) is 4. The van der Waals surface area contributed by atoms with Crippen LogP contribution in [0.3, 0.4) is 0 Å². The van der Waals surface area contributed by atoms with Gasteiger partial charge in [-0.2, -0.15) is 0 Å². The van der Waals surface area contributed by atoms with Crippen molar-refractivity contribution >= 4 is 11.7 Å². The van der Waals surface area contributed by atoms with Gasteiger partial charge in [0, 0.05) is 63.1 Å². The van der Waals surface area contributed by atoms with Gasteiger partial charge in [0.05, 0.1) is 13.2 Å². The second kappa shape index (κ2) is 8.56. The molecule has 1 aromatic heterocycles. The van der Waals surface area contributed by atoms with E-state index in [9.17, 15) is 4.79 Å². The van der Waals surface area contributed by atoms with Crippen LogP contribution in [0.5, 0.6) is 0 Å². The molecular formula is C22H34N4O3. The first-order valence-corrected chi connectivity index (χ1v) is 11.1. The van der Waals surface area contributed by atoms with Crippen LogP contribution in [0.4, 0.5) is 5.82 Å². The van der Waals surface area contributed by atoms with Gasteiger partial charge >= 0.3 is 0 Å². The maximum atomic E-state index is 12.8. The molecule has 1 spiro atoms. The van der Waals surface area contributed by atoms with E-state index in [0.717, 1.165) is 69.2 Å². The van der Waals surface area contributed by atoms with Gasteiger partial charge in [-0.25, -0.2) is 9.97 Å². The minimum Gasteiger partial charge on any atom is -0.353 e. The van der Waals surface area contributed by atoms with Crippen LogP contribution in [0, 0.1) is 12.8 Å². The number of anilines is 1. The lowest BCUT2D eigenvalue weighted by atomic mass is 9.83. The molecule has 0 unspecified atom stereocenters. The highest BCUT2D eigenvalue weighted by Gasteiger charge is 2.40.